The van der Waals surface area contributed by atoms with Crippen LogP contribution in [0.3, 0.4) is 0 Å². The topological polar surface area (TPSA) is 142 Å². The van der Waals surface area contributed by atoms with Gasteiger partial charge >= 0.3 is 0 Å². The highest BCUT2D eigenvalue weighted by molar-refractivity contribution is 7.92. The van der Waals surface area contributed by atoms with Crippen LogP contribution >= 0.6 is 22.9 Å². The van der Waals surface area contributed by atoms with E-state index in [0.717, 1.165) is 22.1 Å². The molecule has 3 aromatic rings. The Labute approximate surface area is 253 Å². The normalized spacial score (nSPS) is 19.6. The zero-order valence-corrected chi connectivity index (χ0v) is 25.6. The van der Waals surface area contributed by atoms with E-state index in [1.807, 2.05) is 26.0 Å². The molecule has 0 aromatic carbocycles. The summed E-state index contributed by atoms with van der Waals surface area (Å²) >= 11 is 7.12. The highest BCUT2D eigenvalue weighted by Crippen LogP contribution is 2.24. The van der Waals surface area contributed by atoms with Gasteiger partial charge in [0.15, 0.2) is 5.65 Å². The number of carbonyl (C=O) groups excluding carboxylic acids is 3. The lowest BCUT2D eigenvalue weighted by Gasteiger charge is -2.33. The van der Waals surface area contributed by atoms with E-state index in [1.165, 1.54) is 27.2 Å². The Morgan fingerprint density at radius 2 is 1.90 bits per heavy atom. The quantitative estimate of drug-likeness (QED) is 0.388. The standard InChI is InChI=1S/C28H31ClN6O5S2/c1-17-15-18(2)30-26-20(17)8-10-24(31-26)32-27(37)22-6-4-13-35(22)25(36)16-34-12-3-5-21(28(34)38)33-42(39,40)14-11-19-7-9-23(29)41-19/h7-11,14-15,21-22,33H,3-6,12-13,16H2,1-2H3,(H,30,31,32,37)/b14-11+. The molecule has 0 saturated carbocycles. The number of anilines is 1. The molecule has 14 heteroatoms. The van der Waals surface area contributed by atoms with E-state index in [2.05, 4.69) is 20.0 Å². The first-order chi connectivity index (χ1) is 20.0. The summed E-state index contributed by atoms with van der Waals surface area (Å²) in [6, 6.07) is 7.22. The number of carbonyl (C=O) groups is 3. The number of nitrogens with zero attached hydrogens (tertiary/aromatic N) is 4. The molecule has 2 saturated heterocycles. The Morgan fingerprint density at radius 3 is 2.67 bits per heavy atom. The number of likely N-dealkylation sites (tertiary alicyclic amines) is 2. The fourth-order valence-corrected chi connectivity index (χ4v) is 7.39. The molecule has 2 aliphatic heterocycles. The molecule has 0 aliphatic carbocycles. The van der Waals surface area contributed by atoms with E-state index in [4.69, 9.17) is 11.6 Å². The number of hydrogen-bond acceptors (Lipinski definition) is 8. The highest BCUT2D eigenvalue weighted by atomic mass is 35.5. The number of halogens is 1. The SMILES string of the molecule is Cc1cc(C)c2ccc(NC(=O)C3CCCN3C(=O)CN3CCCC(NS(=O)(=O)/C=C/c4ccc(Cl)s4)C3=O)nc2n1. The van der Waals surface area contributed by atoms with Crippen LogP contribution in [0.25, 0.3) is 17.1 Å². The summed E-state index contributed by atoms with van der Waals surface area (Å²) < 4.78 is 28.2. The predicted molar refractivity (Wildman–Crippen MR) is 162 cm³/mol. The van der Waals surface area contributed by atoms with E-state index >= 15 is 0 Å². The van der Waals surface area contributed by atoms with Crippen molar-refractivity contribution in [1.29, 1.82) is 0 Å². The number of aromatic nitrogens is 2. The molecule has 11 nitrogen and oxygen atoms in total. The van der Waals surface area contributed by atoms with Crippen LogP contribution < -0.4 is 10.0 Å². The third-order valence-corrected chi connectivity index (χ3v) is 9.61. The summed E-state index contributed by atoms with van der Waals surface area (Å²) in [5.41, 5.74) is 2.40. The van der Waals surface area contributed by atoms with Crippen molar-refractivity contribution in [2.45, 2.75) is 51.6 Å². The second kappa shape index (κ2) is 12.5. The third kappa shape index (κ3) is 6.97. The van der Waals surface area contributed by atoms with Crippen molar-refractivity contribution in [3.8, 4) is 0 Å². The van der Waals surface area contributed by atoms with Gasteiger partial charge in [-0.2, -0.15) is 4.72 Å². The van der Waals surface area contributed by atoms with Gasteiger partial charge in [0.25, 0.3) is 0 Å². The van der Waals surface area contributed by atoms with Crippen molar-refractivity contribution in [2.24, 2.45) is 0 Å². The van der Waals surface area contributed by atoms with Crippen molar-refractivity contribution in [3.05, 3.63) is 56.2 Å². The lowest BCUT2D eigenvalue weighted by Crippen LogP contribution is -2.55. The molecule has 3 amide bonds. The molecule has 2 fully saturated rings. The van der Waals surface area contributed by atoms with Crippen LogP contribution in [0.15, 0.2) is 35.7 Å². The lowest BCUT2D eigenvalue weighted by molar-refractivity contribution is -0.144. The number of thiophene rings is 1. The fraction of sp³-hybridized carbons (Fsp3) is 0.393. The number of piperidine rings is 1. The lowest BCUT2D eigenvalue weighted by atomic mass is 10.1. The van der Waals surface area contributed by atoms with Gasteiger partial charge in [-0.25, -0.2) is 18.4 Å². The zero-order valence-electron chi connectivity index (χ0n) is 23.2. The first kappa shape index (κ1) is 30.1. The summed E-state index contributed by atoms with van der Waals surface area (Å²) in [4.78, 5) is 52.1. The van der Waals surface area contributed by atoms with Crippen LogP contribution in [0.1, 0.15) is 41.8 Å². The molecule has 2 N–H and O–H groups in total. The van der Waals surface area contributed by atoms with Gasteiger partial charge in [0.1, 0.15) is 17.9 Å². The van der Waals surface area contributed by atoms with Gasteiger partial charge in [0.2, 0.25) is 27.7 Å². The third-order valence-electron chi connectivity index (χ3n) is 7.30. The number of sulfonamides is 1. The van der Waals surface area contributed by atoms with E-state index < -0.39 is 28.0 Å². The van der Waals surface area contributed by atoms with E-state index in [9.17, 15) is 22.8 Å². The van der Waals surface area contributed by atoms with Crippen LogP contribution in [0.2, 0.25) is 4.34 Å². The van der Waals surface area contributed by atoms with Gasteiger partial charge in [0.05, 0.1) is 10.9 Å². The zero-order chi connectivity index (χ0) is 30.0. The summed E-state index contributed by atoms with van der Waals surface area (Å²) in [6.07, 6.45) is 3.40. The van der Waals surface area contributed by atoms with Crippen molar-refractivity contribution >= 4 is 73.6 Å². The van der Waals surface area contributed by atoms with E-state index in [-0.39, 0.29) is 18.4 Å². The summed E-state index contributed by atoms with van der Waals surface area (Å²) in [5.74, 6) is -0.837. The van der Waals surface area contributed by atoms with Gasteiger partial charge < -0.3 is 15.1 Å². The number of amides is 3. The molecule has 222 valence electrons. The molecular weight excluding hydrogens is 600 g/mol. The second-order valence-electron chi connectivity index (χ2n) is 10.4. The maximum Gasteiger partial charge on any atom is 0.248 e. The number of nitrogens with one attached hydrogen (secondary N) is 2. The van der Waals surface area contributed by atoms with Gasteiger partial charge in [-0.3, -0.25) is 14.4 Å². The smallest absolute Gasteiger partial charge is 0.248 e. The number of pyridine rings is 2. The highest BCUT2D eigenvalue weighted by Gasteiger charge is 2.37. The Morgan fingerprint density at radius 1 is 1.12 bits per heavy atom. The Balaban J connectivity index is 1.20. The number of hydrogen-bond donors (Lipinski definition) is 2. The minimum Gasteiger partial charge on any atom is -0.332 e. The average Bonchev–Trinajstić information content (AvgIpc) is 3.59. The molecule has 2 unspecified atom stereocenters. The summed E-state index contributed by atoms with van der Waals surface area (Å²) in [5, 5.41) is 4.71. The monoisotopic (exact) mass is 630 g/mol. The Hall–Kier alpha value is -3.39. The molecule has 5 rings (SSSR count). The van der Waals surface area contributed by atoms with Gasteiger partial charge in [-0.1, -0.05) is 11.6 Å². The van der Waals surface area contributed by atoms with E-state index in [1.54, 1.807) is 18.2 Å². The molecule has 42 heavy (non-hydrogen) atoms. The van der Waals surface area contributed by atoms with Crippen LogP contribution in [-0.4, -0.2) is 77.6 Å². The van der Waals surface area contributed by atoms with Gasteiger partial charge in [0, 0.05) is 34.5 Å². The number of fused-ring (bicyclic) bond motifs is 1. The number of aryl methyl sites for hydroxylation is 2. The number of rotatable bonds is 8. The van der Waals surface area contributed by atoms with Crippen LogP contribution in [0, 0.1) is 13.8 Å². The predicted octanol–water partition coefficient (Wildman–Crippen LogP) is 3.47. The minimum atomic E-state index is -3.91. The first-order valence-electron chi connectivity index (χ1n) is 13.6. The Kier molecular flexibility index (Phi) is 8.92. The second-order valence-corrected chi connectivity index (χ2v) is 13.8. The molecule has 5 heterocycles. The van der Waals surface area contributed by atoms with Gasteiger partial charge in [-0.15, -0.1) is 11.3 Å². The fourth-order valence-electron chi connectivity index (χ4n) is 5.32. The van der Waals surface area contributed by atoms with Crippen LogP contribution in [0.5, 0.6) is 0 Å². The van der Waals surface area contributed by atoms with Crippen molar-refractivity contribution < 1.29 is 22.8 Å². The molecular formula is C28H31ClN6O5S2. The molecule has 0 spiro atoms. The first-order valence-corrected chi connectivity index (χ1v) is 16.3. The minimum absolute atomic E-state index is 0.235. The average molecular weight is 631 g/mol. The van der Waals surface area contributed by atoms with Gasteiger partial charge in [-0.05, 0) is 81.5 Å². The van der Waals surface area contributed by atoms with Crippen LogP contribution in [0.4, 0.5) is 5.82 Å². The maximum atomic E-state index is 13.3. The van der Waals surface area contributed by atoms with Crippen molar-refractivity contribution in [2.75, 3.05) is 25.0 Å². The maximum absolute atomic E-state index is 13.3. The van der Waals surface area contributed by atoms with E-state index in [0.29, 0.717) is 59.5 Å². The summed E-state index contributed by atoms with van der Waals surface area (Å²) in [7, 11) is -3.91. The van der Waals surface area contributed by atoms with Crippen molar-refractivity contribution in [1.82, 2.24) is 24.5 Å². The van der Waals surface area contributed by atoms with Crippen molar-refractivity contribution in [3.63, 3.8) is 0 Å². The molecule has 2 aliphatic rings. The molecule has 0 bridgehead atoms. The summed E-state index contributed by atoms with van der Waals surface area (Å²) in [6.45, 7) is 4.33. The van der Waals surface area contributed by atoms with Crippen LogP contribution in [-0.2, 0) is 24.4 Å². The molecule has 3 aromatic heterocycles. The molecule has 0 radical (unpaired) electrons. The Bertz CT molecular complexity index is 1670. The molecule has 2 atom stereocenters. The largest absolute Gasteiger partial charge is 0.332 e.